The van der Waals surface area contributed by atoms with Crippen LogP contribution in [0, 0.1) is 5.92 Å². The lowest BCUT2D eigenvalue weighted by Gasteiger charge is -2.56. The quantitative estimate of drug-likeness (QED) is 0.584. The average molecular weight is 394 g/mol. The van der Waals surface area contributed by atoms with E-state index in [1.807, 2.05) is 30.0 Å². The average Bonchev–Trinajstić information content (AvgIpc) is 2.63. The fraction of sp³-hybridized carbons (Fsp3) is 0.579. The molecule has 3 atom stereocenters. The highest BCUT2D eigenvalue weighted by Crippen LogP contribution is 2.51. The van der Waals surface area contributed by atoms with Gasteiger partial charge in [-0.3, -0.25) is 4.79 Å². The zero-order chi connectivity index (χ0) is 19.8. The van der Waals surface area contributed by atoms with E-state index >= 15 is 0 Å². The fourth-order valence-corrected chi connectivity index (χ4v) is 4.34. The molecule has 27 heavy (non-hydrogen) atoms. The largest absolute Gasteiger partial charge is 0.493 e. The molecule has 1 aromatic carbocycles. The van der Waals surface area contributed by atoms with E-state index in [0.717, 1.165) is 12.0 Å². The number of carbonyl (C=O) groups excluding carboxylic acids is 1. The monoisotopic (exact) mass is 393 g/mol. The summed E-state index contributed by atoms with van der Waals surface area (Å²) >= 11 is 5.64. The number of carbonyl (C=O) groups is 1. The molecular formula is C19H27N3O4S. The Morgan fingerprint density at radius 1 is 1.41 bits per heavy atom. The number of hydrogen-bond donors (Lipinski definition) is 1. The second-order valence-electron chi connectivity index (χ2n) is 7.17. The van der Waals surface area contributed by atoms with Crippen molar-refractivity contribution in [2.45, 2.75) is 25.1 Å². The summed E-state index contributed by atoms with van der Waals surface area (Å²) in [5.74, 6) is 0.831. The van der Waals surface area contributed by atoms with E-state index in [1.54, 1.807) is 33.2 Å². The van der Waals surface area contributed by atoms with Crippen molar-refractivity contribution in [1.29, 1.82) is 0 Å². The van der Waals surface area contributed by atoms with E-state index in [1.165, 1.54) is 0 Å². The number of para-hydroxylation sites is 1. The zero-order valence-corrected chi connectivity index (χ0v) is 17.3. The Bertz CT molecular complexity index is 742. The van der Waals surface area contributed by atoms with E-state index in [0.29, 0.717) is 29.8 Å². The van der Waals surface area contributed by atoms with Crippen LogP contribution in [0.2, 0.25) is 0 Å². The molecule has 1 saturated heterocycles. The van der Waals surface area contributed by atoms with E-state index in [9.17, 15) is 4.79 Å². The zero-order valence-electron chi connectivity index (χ0n) is 16.4. The van der Waals surface area contributed by atoms with Crippen LogP contribution in [-0.2, 0) is 9.53 Å². The maximum atomic E-state index is 13.1. The molecule has 7 nitrogen and oxygen atoms in total. The molecule has 0 aromatic heterocycles. The highest BCUT2D eigenvalue weighted by atomic mass is 32.1. The first kappa shape index (κ1) is 19.7. The summed E-state index contributed by atoms with van der Waals surface area (Å²) in [5.41, 5.74) is -0.0464. The second kappa shape index (κ2) is 7.52. The minimum absolute atomic E-state index is 0.0114. The van der Waals surface area contributed by atoms with Gasteiger partial charge in [-0.05, 0) is 31.6 Å². The highest BCUT2D eigenvalue weighted by Gasteiger charge is 2.59. The van der Waals surface area contributed by atoms with Crippen molar-refractivity contribution in [3.63, 3.8) is 0 Å². The van der Waals surface area contributed by atoms with Crippen molar-refractivity contribution in [2.75, 3.05) is 41.5 Å². The first-order valence-corrected chi connectivity index (χ1v) is 9.40. The second-order valence-corrected chi connectivity index (χ2v) is 7.56. The maximum Gasteiger partial charge on any atom is 0.233 e. The molecule has 2 aliphatic rings. The Hall–Kier alpha value is -2.06. The predicted molar refractivity (Wildman–Crippen MR) is 106 cm³/mol. The molecule has 0 aliphatic carbocycles. The molecule has 1 fully saturated rings. The van der Waals surface area contributed by atoms with E-state index in [2.05, 4.69) is 5.32 Å². The van der Waals surface area contributed by atoms with Gasteiger partial charge in [-0.15, -0.1) is 0 Å². The van der Waals surface area contributed by atoms with Crippen molar-refractivity contribution in [3.8, 4) is 11.5 Å². The molecule has 3 rings (SSSR count). The molecule has 1 amide bonds. The summed E-state index contributed by atoms with van der Waals surface area (Å²) in [6.45, 7) is 3.15. The van der Waals surface area contributed by atoms with E-state index in [4.69, 9.17) is 26.4 Å². The first-order valence-electron chi connectivity index (χ1n) is 8.99. The minimum Gasteiger partial charge on any atom is -0.493 e. The molecule has 0 saturated carbocycles. The molecule has 2 bridgehead atoms. The molecule has 0 radical (unpaired) electrons. The maximum absolute atomic E-state index is 13.1. The van der Waals surface area contributed by atoms with Crippen molar-refractivity contribution < 1.29 is 19.0 Å². The van der Waals surface area contributed by atoms with Gasteiger partial charge in [-0.25, -0.2) is 0 Å². The summed E-state index contributed by atoms with van der Waals surface area (Å²) in [6.07, 6.45) is 0.767. The van der Waals surface area contributed by atoms with Crippen LogP contribution in [0.4, 0.5) is 0 Å². The van der Waals surface area contributed by atoms with Gasteiger partial charge < -0.3 is 29.3 Å². The molecule has 1 aromatic rings. The van der Waals surface area contributed by atoms with Crippen LogP contribution in [-0.4, -0.2) is 68.0 Å². The van der Waals surface area contributed by atoms with Gasteiger partial charge in [-0.2, -0.15) is 0 Å². The number of methoxy groups -OCH3 is 2. The fourth-order valence-electron chi connectivity index (χ4n) is 3.94. The van der Waals surface area contributed by atoms with Crippen molar-refractivity contribution in [3.05, 3.63) is 23.8 Å². The topological polar surface area (TPSA) is 63.3 Å². The predicted octanol–water partition coefficient (Wildman–Crippen LogP) is 1.78. The molecule has 2 heterocycles. The van der Waals surface area contributed by atoms with E-state index < -0.39 is 11.6 Å². The lowest BCUT2D eigenvalue weighted by molar-refractivity contribution is -0.162. The van der Waals surface area contributed by atoms with Crippen LogP contribution in [0.15, 0.2) is 18.2 Å². The van der Waals surface area contributed by atoms with Crippen LogP contribution in [0.25, 0.3) is 0 Å². The van der Waals surface area contributed by atoms with Crippen molar-refractivity contribution in [2.24, 2.45) is 5.92 Å². The van der Waals surface area contributed by atoms with Crippen molar-refractivity contribution >= 4 is 23.2 Å². The third-order valence-electron chi connectivity index (χ3n) is 5.28. The SMILES string of the molecule is COCCCN1C(=S)N[C@H]2c3cccc(OC)c3O[C@@]1(C)[C@H]2C(=O)N(C)C. The molecule has 8 heteroatoms. The van der Waals surface area contributed by atoms with Crippen LogP contribution in [0.1, 0.15) is 24.9 Å². The van der Waals surface area contributed by atoms with Gasteiger partial charge in [0.05, 0.1) is 13.2 Å². The standard InChI is InChI=1S/C19H27N3O4S/c1-19-14(17(23)21(2)3)15(20-18(27)22(19)10-7-11-24-4)12-8-6-9-13(25-5)16(12)26-19/h6,8-9,14-15H,7,10-11H2,1-5H3,(H,20,27)/t14-,15+,19+/m1/s1. The molecule has 1 N–H and O–H groups in total. The van der Waals surface area contributed by atoms with Gasteiger partial charge in [0.2, 0.25) is 5.91 Å². The van der Waals surface area contributed by atoms with E-state index in [-0.39, 0.29) is 11.9 Å². The van der Waals surface area contributed by atoms with Crippen LogP contribution in [0.3, 0.4) is 0 Å². The number of benzene rings is 1. The van der Waals surface area contributed by atoms with Gasteiger partial charge in [0.1, 0.15) is 5.92 Å². The summed E-state index contributed by atoms with van der Waals surface area (Å²) in [7, 11) is 6.80. The molecular weight excluding hydrogens is 366 g/mol. The summed E-state index contributed by atoms with van der Waals surface area (Å²) in [5, 5.41) is 3.96. The first-order chi connectivity index (χ1) is 12.8. The number of hydrogen-bond acceptors (Lipinski definition) is 5. The Labute approximate surface area is 165 Å². The van der Waals surface area contributed by atoms with Gasteiger partial charge in [-0.1, -0.05) is 12.1 Å². The van der Waals surface area contributed by atoms with Crippen molar-refractivity contribution in [1.82, 2.24) is 15.1 Å². The third kappa shape index (κ3) is 3.21. The van der Waals surface area contributed by atoms with Gasteiger partial charge >= 0.3 is 0 Å². The Kier molecular flexibility index (Phi) is 5.48. The minimum atomic E-state index is -0.927. The summed E-state index contributed by atoms with van der Waals surface area (Å²) < 4.78 is 17.2. The molecule has 0 unspecified atom stereocenters. The van der Waals surface area contributed by atoms with Gasteiger partial charge in [0, 0.05) is 39.9 Å². The lowest BCUT2D eigenvalue weighted by atomic mass is 9.78. The van der Waals surface area contributed by atoms with Gasteiger partial charge in [0.25, 0.3) is 0 Å². The number of rotatable bonds is 6. The Morgan fingerprint density at radius 3 is 2.78 bits per heavy atom. The van der Waals surface area contributed by atoms with Crippen LogP contribution < -0.4 is 14.8 Å². The number of fused-ring (bicyclic) bond motifs is 4. The van der Waals surface area contributed by atoms with Gasteiger partial charge in [0.15, 0.2) is 22.3 Å². The number of nitrogens with zero attached hydrogens (tertiary/aromatic N) is 2. The van der Waals surface area contributed by atoms with Crippen LogP contribution in [0.5, 0.6) is 11.5 Å². The molecule has 148 valence electrons. The Balaban J connectivity index is 2.11. The lowest BCUT2D eigenvalue weighted by Crippen LogP contribution is -2.72. The summed E-state index contributed by atoms with van der Waals surface area (Å²) in [6, 6.07) is 5.43. The third-order valence-corrected chi connectivity index (χ3v) is 5.62. The van der Waals surface area contributed by atoms with Crippen LogP contribution >= 0.6 is 12.2 Å². The normalized spacial score (nSPS) is 26.0. The summed E-state index contributed by atoms with van der Waals surface area (Å²) in [4.78, 5) is 16.7. The number of nitrogens with one attached hydrogen (secondary N) is 1. The Morgan fingerprint density at radius 2 is 2.15 bits per heavy atom. The number of ether oxygens (including phenoxy) is 3. The number of amides is 1. The smallest absolute Gasteiger partial charge is 0.233 e. The number of thiocarbonyl (C=S) groups is 1. The molecule has 0 spiro atoms. The highest BCUT2D eigenvalue weighted by molar-refractivity contribution is 7.80. The molecule has 2 aliphatic heterocycles.